The minimum absolute atomic E-state index is 0.117. The van der Waals surface area contributed by atoms with E-state index in [1.165, 1.54) is 27.6 Å². The third kappa shape index (κ3) is 11.3. The van der Waals surface area contributed by atoms with Gasteiger partial charge in [-0.15, -0.1) is 22.7 Å². The molecule has 258 valence electrons. The number of amides is 7. The number of nitrogens with zero attached hydrogens (tertiary/aromatic N) is 3. The molecule has 0 radical (unpaired) electrons. The molecule has 0 aliphatic carbocycles. The first-order chi connectivity index (χ1) is 23.0. The molecule has 4 atom stereocenters. The number of carbonyl (C=O) groups is 5. The van der Waals surface area contributed by atoms with Gasteiger partial charge in [-0.3, -0.25) is 19.9 Å². The monoisotopic (exact) mass is 698 g/mol. The first kappa shape index (κ1) is 36.3. The van der Waals surface area contributed by atoms with Crippen LogP contribution in [0.15, 0.2) is 47.4 Å². The van der Waals surface area contributed by atoms with E-state index in [2.05, 4.69) is 36.6 Å². The average Bonchev–Trinajstić information content (AvgIpc) is 3.81. The Morgan fingerprint density at radius 2 is 1.81 bits per heavy atom. The molecule has 1 aromatic carbocycles. The number of ether oxygens (including phenoxy) is 1. The van der Waals surface area contributed by atoms with Crippen molar-refractivity contribution in [3.8, 4) is 0 Å². The summed E-state index contributed by atoms with van der Waals surface area (Å²) in [7, 11) is 1.59. The highest BCUT2D eigenvalue weighted by atomic mass is 32.1. The van der Waals surface area contributed by atoms with Crippen molar-refractivity contribution in [2.45, 2.75) is 89.7 Å². The van der Waals surface area contributed by atoms with Gasteiger partial charge in [0.25, 0.3) is 5.91 Å². The quantitative estimate of drug-likeness (QED) is 0.140. The summed E-state index contributed by atoms with van der Waals surface area (Å²) in [6, 6.07) is 5.76. The second-order valence-corrected chi connectivity index (χ2v) is 13.9. The van der Waals surface area contributed by atoms with Gasteiger partial charge in [0, 0.05) is 43.0 Å². The topological polar surface area (TPSA) is 184 Å². The van der Waals surface area contributed by atoms with Crippen molar-refractivity contribution in [3.05, 3.63) is 68.6 Å². The number of urea groups is 2. The molecule has 1 unspecified atom stereocenters. The van der Waals surface area contributed by atoms with Crippen LogP contribution < -0.4 is 26.6 Å². The number of nitrogens with one attached hydrogen (secondary N) is 5. The highest BCUT2D eigenvalue weighted by Gasteiger charge is 2.35. The van der Waals surface area contributed by atoms with E-state index in [1.54, 1.807) is 18.8 Å². The summed E-state index contributed by atoms with van der Waals surface area (Å²) in [4.78, 5) is 74.2. The van der Waals surface area contributed by atoms with E-state index < -0.39 is 42.1 Å². The van der Waals surface area contributed by atoms with Crippen molar-refractivity contribution in [2.75, 3.05) is 7.05 Å². The molecule has 5 N–H and O–H groups in total. The third-order valence-electron chi connectivity index (χ3n) is 7.57. The fourth-order valence-corrected chi connectivity index (χ4v) is 6.31. The lowest BCUT2D eigenvalue weighted by atomic mass is 9.99. The number of aromatic nitrogens is 2. The summed E-state index contributed by atoms with van der Waals surface area (Å²) < 4.78 is 5.38. The average molecular weight is 699 g/mol. The molecule has 1 aliphatic rings. The molecule has 48 heavy (non-hydrogen) atoms. The van der Waals surface area contributed by atoms with Gasteiger partial charge in [0.1, 0.15) is 18.7 Å². The molecule has 3 heterocycles. The van der Waals surface area contributed by atoms with E-state index in [-0.39, 0.29) is 37.6 Å². The Kier molecular flexibility index (Phi) is 13.3. The lowest BCUT2D eigenvalue weighted by molar-refractivity contribution is -0.124. The van der Waals surface area contributed by atoms with Crippen LogP contribution in [0.25, 0.3) is 0 Å². The largest absolute Gasteiger partial charge is 0.444 e. The van der Waals surface area contributed by atoms with Crippen LogP contribution in [0, 0.1) is 0 Å². The fourth-order valence-electron chi connectivity index (χ4n) is 4.98. The van der Waals surface area contributed by atoms with Crippen molar-refractivity contribution in [2.24, 2.45) is 0 Å². The Morgan fingerprint density at radius 1 is 1.04 bits per heavy atom. The summed E-state index contributed by atoms with van der Waals surface area (Å²) >= 11 is 2.92. The van der Waals surface area contributed by atoms with Crippen LogP contribution in [-0.4, -0.2) is 76.1 Å². The summed E-state index contributed by atoms with van der Waals surface area (Å²) in [5.74, 6) is -0.821. The standard InChI is InChI=1S/C32H42N8O6S2/c1-19(2)29-35-23(17-47-29)15-40(4)31(44)38-26(13-25-28(42)39-30(43)37-25)27(41)34-20(3)10-11-22(12-21-8-6-5-7-9-21)36-32(45)46-16-24-14-33-18-48-24/h5-9,14,17-20,22,25-26H,10-13,15-16H2,1-4H3,(H,34,41)(H,36,45)(H,38,44)(H2,37,39,42,43)/t20-,22+,25?,26-/m0/s1. The van der Waals surface area contributed by atoms with Crippen LogP contribution in [0.1, 0.15) is 67.1 Å². The van der Waals surface area contributed by atoms with Crippen LogP contribution in [0.4, 0.5) is 14.4 Å². The first-order valence-corrected chi connectivity index (χ1v) is 17.4. The Balaban J connectivity index is 1.36. The Bertz CT molecular complexity index is 1530. The molecule has 2 aromatic heterocycles. The molecule has 0 saturated carbocycles. The molecule has 0 spiro atoms. The van der Waals surface area contributed by atoms with Gasteiger partial charge >= 0.3 is 18.2 Å². The van der Waals surface area contributed by atoms with E-state index >= 15 is 0 Å². The molecule has 1 fully saturated rings. The molecule has 16 heteroatoms. The molecule has 3 aromatic rings. The third-order valence-corrected chi connectivity index (χ3v) is 9.51. The molecular formula is C32H42N8O6S2. The lowest BCUT2D eigenvalue weighted by Gasteiger charge is -2.26. The molecule has 1 aliphatic heterocycles. The van der Waals surface area contributed by atoms with Crippen LogP contribution in [-0.2, 0) is 33.9 Å². The molecule has 1 saturated heterocycles. The fraction of sp³-hybridized carbons (Fsp3) is 0.469. The number of carbonyl (C=O) groups excluding carboxylic acids is 5. The second-order valence-electron chi connectivity index (χ2n) is 12.0. The van der Waals surface area contributed by atoms with Crippen LogP contribution in [0.3, 0.4) is 0 Å². The van der Waals surface area contributed by atoms with Gasteiger partial charge in [0.2, 0.25) is 5.91 Å². The smallest absolute Gasteiger partial charge is 0.407 e. The van der Waals surface area contributed by atoms with Gasteiger partial charge in [-0.2, -0.15) is 0 Å². The minimum Gasteiger partial charge on any atom is -0.444 e. The zero-order chi connectivity index (χ0) is 34.6. The van der Waals surface area contributed by atoms with E-state index in [0.29, 0.717) is 19.3 Å². The van der Waals surface area contributed by atoms with Crippen molar-refractivity contribution >= 4 is 52.6 Å². The molecule has 0 bridgehead atoms. The van der Waals surface area contributed by atoms with E-state index in [1.807, 2.05) is 56.5 Å². The van der Waals surface area contributed by atoms with Crippen LogP contribution in [0.2, 0.25) is 0 Å². The van der Waals surface area contributed by atoms with Gasteiger partial charge in [-0.1, -0.05) is 44.2 Å². The predicted octanol–water partition coefficient (Wildman–Crippen LogP) is 3.65. The number of hydrogen-bond acceptors (Lipinski definition) is 10. The van der Waals surface area contributed by atoms with Gasteiger partial charge in [0.05, 0.1) is 27.6 Å². The summed E-state index contributed by atoms with van der Waals surface area (Å²) in [6.45, 7) is 6.25. The maximum Gasteiger partial charge on any atom is 0.407 e. The maximum atomic E-state index is 13.5. The van der Waals surface area contributed by atoms with E-state index in [0.717, 1.165) is 21.1 Å². The van der Waals surface area contributed by atoms with Gasteiger partial charge in [-0.25, -0.2) is 19.4 Å². The van der Waals surface area contributed by atoms with Crippen molar-refractivity contribution in [1.29, 1.82) is 0 Å². The van der Waals surface area contributed by atoms with Crippen molar-refractivity contribution < 1.29 is 28.7 Å². The summed E-state index contributed by atoms with van der Waals surface area (Å²) in [5.41, 5.74) is 3.43. The first-order valence-electron chi connectivity index (χ1n) is 15.7. The minimum atomic E-state index is -1.13. The van der Waals surface area contributed by atoms with E-state index in [4.69, 9.17) is 4.74 Å². The highest BCUT2D eigenvalue weighted by Crippen LogP contribution is 2.20. The maximum absolute atomic E-state index is 13.5. The summed E-state index contributed by atoms with van der Waals surface area (Å²) in [6.07, 6.45) is 2.50. The number of hydrogen-bond donors (Lipinski definition) is 5. The zero-order valence-corrected chi connectivity index (χ0v) is 29.0. The molecular weight excluding hydrogens is 657 g/mol. The van der Waals surface area contributed by atoms with Gasteiger partial charge < -0.3 is 30.9 Å². The number of rotatable bonds is 16. The zero-order valence-electron chi connectivity index (χ0n) is 27.4. The van der Waals surface area contributed by atoms with Gasteiger partial charge in [0.15, 0.2) is 0 Å². The SMILES string of the molecule is CC(C)c1nc(CN(C)C(=O)N[C@@H](CC2NC(=O)NC2=O)C(=O)N[C@@H](C)CC[C@H](Cc2ccccc2)NC(=O)OCc2cncs2)cs1. The lowest BCUT2D eigenvalue weighted by Crippen LogP contribution is -2.54. The molecule has 14 nitrogen and oxygen atoms in total. The second kappa shape index (κ2) is 17.5. The van der Waals surface area contributed by atoms with Crippen molar-refractivity contribution in [3.63, 3.8) is 0 Å². The van der Waals surface area contributed by atoms with Gasteiger partial charge in [-0.05, 0) is 31.7 Å². The van der Waals surface area contributed by atoms with Crippen LogP contribution in [0.5, 0.6) is 0 Å². The normalized spacial score (nSPS) is 16.0. The number of benzene rings is 1. The Hall–Kier alpha value is -4.57. The molecule has 4 rings (SSSR count). The van der Waals surface area contributed by atoms with Crippen LogP contribution >= 0.6 is 22.7 Å². The number of alkyl carbamates (subject to hydrolysis) is 1. The molecule has 7 amide bonds. The Labute approximate surface area is 287 Å². The number of thiazole rings is 2. The Morgan fingerprint density at radius 3 is 2.46 bits per heavy atom. The number of imide groups is 1. The highest BCUT2D eigenvalue weighted by molar-refractivity contribution is 7.09. The van der Waals surface area contributed by atoms with Crippen molar-refractivity contribution in [1.82, 2.24) is 41.5 Å². The summed E-state index contributed by atoms with van der Waals surface area (Å²) in [5, 5.41) is 16.1. The van der Waals surface area contributed by atoms with E-state index in [9.17, 15) is 24.0 Å². The predicted molar refractivity (Wildman–Crippen MR) is 181 cm³/mol.